The van der Waals surface area contributed by atoms with Crippen LogP contribution in [0.4, 0.5) is 5.13 Å². The summed E-state index contributed by atoms with van der Waals surface area (Å²) >= 11 is 2.40. The number of ether oxygens (including phenoxy) is 2. The van der Waals surface area contributed by atoms with Crippen LogP contribution in [-0.4, -0.2) is 68.5 Å². The lowest BCUT2D eigenvalue weighted by Crippen LogP contribution is -2.71. The van der Waals surface area contributed by atoms with Crippen LogP contribution in [0.2, 0.25) is 0 Å². The summed E-state index contributed by atoms with van der Waals surface area (Å²) in [5, 5.41) is 15.8. The van der Waals surface area contributed by atoms with Crippen LogP contribution in [0.3, 0.4) is 0 Å². The molecule has 35 heavy (non-hydrogen) atoms. The molecule has 0 spiro atoms. The van der Waals surface area contributed by atoms with Crippen molar-refractivity contribution in [3.05, 3.63) is 34.5 Å². The first-order valence-electron chi connectivity index (χ1n) is 10.4. The monoisotopic (exact) mass is 523 g/mol. The van der Waals surface area contributed by atoms with Gasteiger partial charge in [0.25, 0.3) is 11.8 Å². The molecule has 1 aromatic heterocycles. The van der Waals surface area contributed by atoms with Crippen LogP contribution in [-0.2, 0) is 28.7 Å². The second-order valence-corrected chi connectivity index (χ2v) is 10.5. The van der Waals surface area contributed by atoms with Crippen molar-refractivity contribution in [2.24, 2.45) is 10.6 Å². The van der Waals surface area contributed by atoms with Crippen LogP contribution in [0.25, 0.3) is 0 Å². The molecule has 0 saturated carbocycles. The molecule has 4 N–H and O–H groups in total. The predicted octanol–water partition coefficient (Wildman–Crippen LogP) is 1.22. The number of esters is 2. The number of amides is 2. The minimum absolute atomic E-state index is 0.0116. The van der Waals surface area contributed by atoms with E-state index in [4.69, 9.17) is 15.2 Å². The second kappa shape index (κ2) is 10.5. The fourth-order valence-electron chi connectivity index (χ4n) is 3.20. The predicted molar refractivity (Wildman–Crippen MR) is 128 cm³/mol. The van der Waals surface area contributed by atoms with E-state index < -0.39 is 53.1 Å². The van der Waals surface area contributed by atoms with Crippen LogP contribution in [0.5, 0.6) is 0 Å². The van der Waals surface area contributed by atoms with E-state index in [1.165, 1.54) is 22.0 Å². The number of nitrogens with zero attached hydrogens (tertiary/aromatic N) is 3. The molecule has 0 radical (unpaired) electrons. The van der Waals surface area contributed by atoms with Gasteiger partial charge >= 0.3 is 11.9 Å². The molecule has 12 nitrogen and oxygen atoms in total. The van der Waals surface area contributed by atoms with E-state index >= 15 is 0 Å². The summed E-state index contributed by atoms with van der Waals surface area (Å²) < 4.78 is 10.1. The number of aromatic nitrogens is 1. The highest BCUT2D eigenvalue weighted by molar-refractivity contribution is 8.00. The number of fused-ring (bicyclic) bond motifs is 1. The normalized spacial score (nSPS) is 20.4. The number of nitrogen functional groups attached to an aromatic ring is 1. The van der Waals surface area contributed by atoms with Crippen LogP contribution in [0, 0.1) is 5.41 Å². The maximum absolute atomic E-state index is 13.0. The molecular weight excluding hydrogens is 498 g/mol. The van der Waals surface area contributed by atoms with Gasteiger partial charge in [-0.15, -0.1) is 23.1 Å². The molecule has 14 heteroatoms. The molecule has 0 aliphatic carbocycles. The highest BCUT2D eigenvalue weighted by Gasteiger charge is 2.54. The third kappa shape index (κ3) is 5.48. The maximum Gasteiger partial charge on any atom is 0.358 e. The number of oxime groups is 1. The number of β-lactam (4-membered cyclic amide) rings is 1. The number of hydrogen-bond donors (Lipinski definition) is 3. The number of thiazole rings is 1. The Balaban J connectivity index is 1.72. The van der Waals surface area contributed by atoms with E-state index in [0.717, 1.165) is 11.3 Å². The van der Waals surface area contributed by atoms with Crippen molar-refractivity contribution in [3.8, 4) is 0 Å². The fourth-order valence-corrected chi connectivity index (χ4v) is 5.07. The number of hydrogen-bond acceptors (Lipinski definition) is 12. The number of nitrogens with one attached hydrogen (secondary N) is 1. The van der Waals surface area contributed by atoms with E-state index in [2.05, 4.69) is 15.5 Å². The summed E-state index contributed by atoms with van der Waals surface area (Å²) in [7, 11) is 0. The van der Waals surface area contributed by atoms with Gasteiger partial charge in [0.2, 0.25) is 6.79 Å². The lowest BCUT2D eigenvalue weighted by Gasteiger charge is -2.49. The van der Waals surface area contributed by atoms with Crippen molar-refractivity contribution < 1.29 is 33.9 Å². The Kier molecular flexibility index (Phi) is 7.85. The molecule has 1 fully saturated rings. The van der Waals surface area contributed by atoms with E-state index in [0.29, 0.717) is 11.3 Å². The minimum Gasteiger partial charge on any atom is -0.427 e. The molecule has 188 valence electrons. The summed E-state index contributed by atoms with van der Waals surface area (Å²) in [5.41, 5.74) is 5.03. The summed E-state index contributed by atoms with van der Waals surface area (Å²) in [4.78, 5) is 55.5. The van der Waals surface area contributed by atoms with Gasteiger partial charge in [0.05, 0.1) is 5.41 Å². The fraction of sp³-hybridized carbons (Fsp3) is 0.429. The number of allylic oxidation sites excluding steroid dienone is 2. The molecule has 1 aromatic rings. The number of thioether (sulfide) groups is 1. The zero-order valence-corrected chi connectivity index (χ0v) is 21.1. The van der Waals surface area contributed by atoms with Gasteiger partial charge in [-0.2, -0.15) is 0 Å². The van der Waals surface area contributed by atoms with Gasteiger partial charge in [-0.05, 0) is 33.3 Å². The molecule has 2 atom stereocenters. The first-order chi connectivity index (χ1) is 16.5. The zero-order chi connectivity index (χ0) is 25.9. The largest absolute Gasteiger partial charge is 0.427 e. The number of carbonyl (C=O) groups excluding carboxylic acids is 4. The average molecular weight is 524 g/mol. The lowest BCUT2D eigenvalue weighted by molar-refractivity contribution is -0.173. The molecule has 0 bridgehead atoms. The summed E-state index contributed by atoms with van der Waals surface area (Å²) in [6, 6.07) is -0.978. The van der Waals surface area contributed by atoms with E-state index in [9.17, 15) is 24.4 Å². The highest BCUT2D eigenvalue weighted by atomic mass is 32.2. The third-order valence-electron chi connectivity index (χ3n) is 4.92. The number of anilines is 1. The van der Waals surface area contributed by atoms with E-state index in [1.54, 1.807) is 39.8 Å². The lowest BCUT2D eigenvalue weighted by atomic mass is 9.98. The standard InChI is InChI=1S/C21H25N5O7S2/c1-5-6-10-7-34-17-13(24-15(27)12(25-31)11-8-35-20(22)23-11)16(28)26(17)14(10)18(29)32-9-33-19(30)21(2,3)4/h5-6,8,13,17,31H,7,9H2,1-4H3,(H2,22,23)(H,24,27)/b6-5-,25-12-/t13?,17-/m0/s1. The summed E-state index contributed by atoms with van der Waals surface area (Å²) in [5.74, 6) is -2.39. The van der Waals surface area contributed by atoms with Crippen molar-refractivity contribution >= 4 is 57.7 Å². The maximum atomic E-state index is 13.0. The molecule has 2 aliphatic heterocycles. The third-order valence-corrected chi connectivity index (χ3v) is 6.89. The van der Waals surface area contributed by atoms with Crippen LogP contribution in [0.1, 0.15) is 33.4 Å². The van der Waals surface area contributed by atoms with Crippen molar-refractivity contribution in [1.29, 1.82) is 0 Å². The van der Waals surface area contributed by atoms with Gasteiger partial charge in [-0.3, -0.25) is 19.3 Å². The number of rotatable bonds is 7. The average Bonchev–Trinajstić information content (AvgIpc) is 3.22. The van der Waals surface area contributed by atoms with Crippen LogP contribution in [0.15, 0.2) is 34.0 Å². The van der Waals surface area contributed by atoms with Gasteiger partial charge in [-0.1, -0.05) is 17.3 Å². The molecule has 1 saturated heterocycles. The molecule has 2 aliphatic rings. The van der Waals surface area contributed by atoms with Crippen LogP contribution < -0.4 is 11.1 Å². The molecule has 2 amide bonds. The van der Waals surface area contributed by atoms with Gasteiger partial charge in [0.15, 0.2) is 10.8 Å². The molecule has 3 rings (SSSR count). The van der Waals surface area contributed by atoms with Crippen molar-refractivity contribution in [3.63, 3.8) is 0 Å². The van der Waals surface area contributed by atoms with Crippen molar-refractivity contribution in [2.75, 3.05) is 18.3 Å². The van der Waals surface area contributed by atoms with E-state index in [1.807, 2.05) is 0 Å². The van der Waals surface area contributed by atoms with Gasteiger partial charge < -0.3 is 25.7 Å². The van der Waals surface area contributed by atoms with Crippen LogP contribution >= 0.6 is 23.1 Å². The number of nitrogens with two attached hydrogens (primary N) is 1. The Labute approximate surface area is 209 Å². The quantitative estimate of drug-likeness (QED) is 0.118. The van der Waals surface area contributed by atoms with Gasteiger partial charge in [0, 0.05) is 11.1 Å². The van der Waals surface area contributed by atoms with Crippen molar-refractivity contribution in [1.82, 2.24) is 15.2 Å². The zero-order valence-electron chi connectivity index (χ0n) is 19.4. The summed E-state index contributed by atoms with van der Waals surface area (Å²) in [6.45, 7) is 6.15. The number of carbonyl (C=O) groups is 4. The summed E-state index contributed by atoms with van der Waals surface area (Å²) in [6.07, 6.45) is 3.40. The highest BCUT2D eigenvalue weighted by Crippen LogP contribution is 2.41. The first-order valence-corrected chi connectivity index (χ1v) is 12.3. The Morgan fingerprint density at radius 3 is 2.66 bits per heavy atom. The minimum atomic E-state index is -0.978. The molecular formula is C21H25N5O7S2. The molecule has 3 heterocycles. The Morgan fingerprint density at radius 2 is 2.09 bits per heavy atom. The molecule has 1 unspecified atom stereocenters. The van der Waals surface area contributed by atoms with Gasteiger partial charge in [0.1, 0.15) is 22.8 Å². The molecule has 0 aromatic carbocycles. The Hall–Kier alpha value is -3.39. The van der Waals surface area contributed by atoms with Crippen molar-refractivity contribution in [2.45, 2.75) is 39.1 Å². The Bertz CT molecular complexity index is 1140. The van der Waals surface area contributed by atoms with E-state index in [-0.39, 0.29) is 16.5 Å². The smallest absolute Gasteiger partial charge is 0.358 e. The second-order valence-electron chi connectivity index (χ2n) is 8.49. The first kappa shape index (κ1) is 26.2. The van der Waals surface area contributed by atoms with Gasteiger partial charge in [-0.25, -0.2) is 9.78 Å². The topological polar surface area (TPSA) is 174 Å². The SMILES string of the molecule is C/C=C\C1=C(C(=O)OCOC(=O)C(C)(C)C)N2C(=O)C(NC(=O)/C(=N\O)c3csc(N)n3)[C@@H]2SC1. The Morgan fingerprint density at radius 1 is 1.37 bits per heavy atom.